The van der Waals surface area contributed by atoms with Crippen LogP contribution in [0.15, 0.2) is 24.3 Å². The highest BCUT2D eigenvalue weighted by atomic mass is 32.1. The maximum atomic E-state index is 12.7. The lowest BCUT2D eigenvalue weighted by Crippen LogP contribution is -2.58. The van der Waals surface area contributed by atoms with Crippen molar-refractivity contribution in [3.8, 4) is 5.75 Å². The van der Waals surface area contributed by atoms with E-state index in [-0.39, 0.29) is 17.9 Å². The standard InChI is InChI=1S/C21H29N5O9S/c22-12(7-10-1-3-11(27)4-2-10)18(31)26-15(9-36)20(33)24-13(5-6-17(29)30)19(32)25-14(21(34)35)8-16(23)28/h1-4,12-15,27,36H,5-9,22H2,(H2,23,28)(H,24,33)(H,25,32)(H,26,31)(H,29,30)(H,34,35). The highest BCUT2D eigenvalue weighted by molar-refractivity contribution is 7.80. The van der Waals surface area contributed by atoms with Crippen LogP contribution in [0.2, 0.25) is 0 Å². The first kappa shape index (κ1) is 30.2. The SMILES string of the molecule is NC(=O)CC(NC(=O)C(CCC(=O)O)NC(=O)C(CS)NC(=O)C(N)Cc1ccc(O)cc1)C(=O)O. The number of benzene rings is 1. The second-order valence-corrected chi connectivity index (χ2v) is 8.15. The number of carboxylic acids is 2. The van der Waals surface area contributed by atoms with Crippen LogP contribution < -0.4 is 27.4 Å². The molecule has 10 N–H and O–H groups in total. The van der Waals surface area contributed by atoms with Gasteiger partial charge in [-0.2, -0.15) is 12.6 Å². The molecule has 15 heteroatoms. The smallest absolute Gasteiger partial charge is 0.326 e. The van der Waals surface area contributed by atoms with Gasteiger partial charge in [0.1, 0.15) is 23.9 Å². The summed E-state index contributed by atoms with van der Waals surface area (Å²) in [7, 11) is 0. The van der Waals surface area contributed by atoms with Crippen molar-refractivity contribution in [3.05, 3.63) is 29.8 Å². The molecule has 36 heavy (non-hydrogen) atoms. The fourth-order valence-electron chi connectivity index (χ4n) is 2.93. The Morgan fingerprint density at radius 3 is 1.89 bits per heavy atom. The molecule has 4 amide bonds. The fraction of sp³-hybridized carbons (Fsp3) is 0.429. The minimum Gasteiger partial charge on any atom is -0.508 e. The monoisotopic (exact) mass is 527 g/mol. The van der Waals surface area contributed by atoms with Crippen molar-refractivity contribution in [2.75, 3.05) is 5.75 Å². The summed E-state index contributed by atoms with van der Waals surface area (Å²) in [5.41, 5.74) is 11.5. The third-order valence-corrected chi connectivity index (χ3v) is 5.21. The molecule has 1 aromatic carbocycles. The van der Waals surface area contributed by atoms with Gasteiger partial charge >= 0.3 is 11.9 Å². The Bertz CT molecular complexity index is 973. The molecule has 0 aliphatic rings. The second kappa shape index (κ2) is 14.5. The molecule has 1 rings (SSSR count). The van der Waals surface area contributed by atoms with E-state index in [2.05, 4.69) is 23.3 Å². The van der Waals surface area contributed by atoms with Crippen molar-refractivity contribution in [1.29, 1.82) is 0 Å². The highest BCUT2D eigenvalue weighted by Crippen LogP contribution is 2.11. The lowest BCUT2D eigenvalue weighted by molar-refractivity contribution is -0.144. The quantitative estimate of drug-likeness (QED) is 0.108. The molecular formula is C21H29N5O9S. The van der Waals surface area contributed by atoms with E-state index in [0.29, 0.717) is 5.56 Å². The average Bonchev–Trinajstić information content (AvgIpc) is 2.80. The molecule has 198 valence electrons. The summed E-state index contributed by atoms with van der Waals surface area (Å²) in [5, 5.41) is 34.1. The summed E-state index contributed by atoms with van der Waals surface area (Å²) in [5.74, 6) is -6.70. The predicted octanol–water partition coefficient (Wildman–Crippen LogP) is -2.53. The maximum absolute atomic E-state index is 12.7. The Labute approximate surface area is 211 Å². The van der Waals surface area contributed by atoms with Crippen molar-refractivity contribution >= 4 is 48.2 Å². The van der Waals surface area contributed by atoms with Gasteiger partial charge < -0.3 is 42.7 Å². The van der Waals surface area contributed by atoms with Crippen LogP contribution in [0.1, 0.15) is 24.8 Å². The zero-order valence-corrected chi connectivity index (χ0v) is 19.9. The molecule has 0 aromatic heterocycles. The van der Waals surface area contributed by atoms with Crippen molar-refractivity contribution in [2.45, 2.75) is 49.9 Å². The molecular weight excluding hydrogens is 498 g/mol. The number of carbonyl (C=O) groups excluding carboxylic acids is 4. The average molecular weight is 528 g/mol. The Kier molecular flexibility index (Phi) is 12.2. The molecule has 0 saturated carbocycles. The summed E-state index contributed by atoms with van der Waals surface area (Å²) in [6, 6.07) is 0.438. The van der Waals surface area contributed by atoms with E-state index in [1.165, 1.54) is 12.1 Å². The van der Waals surface area contributed by atoms with Gasteiger partial charge in [0.05, 0.1) is 12.5 Å². The number of primary amides is 1. The van der Waals surface area contributed by atoms with Gasteiger partial charge in [0, 0.05) is 12.2 Å². The Morgan fingerprint density at radius 1 is 0.861 bits per heavy atom. The number of phenolic OH excluding ortho intramolecular Hbond substituents is 1. The van der Waals surface area contributed by atoms with E-state index in [1.807, 2.05) is 5.32 Å². The van der Waals surface area contributed by atoms with Crippen molar-refractivity contribution in [3.63, 3.8) is 0 Å². The van der Waals surface area contributed by atoms with Gasteiger partial charge in [-0.15, -0.1) is 0 Å². The van der Waals surface area contributed by atoms with E-state index in [4.69, 9.17) is 21.7 Å². The van der Waals surface area contributed by atoms with Crippen molar-refractivity contribution < 1.29 is 44.1 Å². The number of thiol groups is 1. The molecule has 4 unspecified atom stereocenters. The van der Waals surface area contributed by atoms with Crippen LogP contribution in [0.3, 0.4) is 0 Å². The van der Waals surface area contributed by atoms with Crippen molar-refractivity contribution in [1.82, 2.24) is 16.0 Å². The molecule has 14 nitrogen and oxygen atoms in total. The second-order valence-electron chi connectivity index (χ2n) is 7.78. The predicted molar refractivity (Wildman–Crippen MR) is 128 cm³/mol. The summed E-state index contributed by atoms with van der Waals surface area (Å²) < 4.78 is 0. The molecule has 4 atom stereocenters. The third-order valence-electron chi connectivity index (χ3n) is 4.84. The number of amides is 4. The number of aromatic hydroxyl groups is 1. The number of hydrogen-bond acceptors (Lipinski definition) is 9. The molecule has 0 spiro atoms. The number of aliphatic carboxylic acids is 2. The van der Waals surface area contributed by atoms with Gasteiger partial charge in [0.25, 0.3) is 0 Å². The van der Waals surface area contributed by atoms with Gasteiger partial charge in [-0.1, -0.05) is 12.1 Å². The summed E-state index contributed by atoms with van der Waals surface area (Å²) >= 11 is 4.02. The molecule has 0 aliphatic carbocycles. The first-order valence-electron chi connectivity index (χ1n) is 10.6. The van der Waals surface area contributed by atoms with E-state index >= 15 is 0 Å². The van der Waals surface area contributed by atoms with E-state index in [1.54, 1.807) is 12.1 Å². The zero-order chi connectivity index (χ0) is 27.4. The molecule has 0 aliphatic heterocycles. The van der Waals surface area contributed by atoms with Gasteiger partial charge in [-0.3, -0.25) is 24.0 Å². The van der Waals surface area contributed by atoms with Crippen LogP contribution in [0, 0.1) is 0 Å². The van der Waals surface area contributed by atoms with Crippen molar-refractivity contribution in [2.24, 2.45) is 11.5 Å². The lowest BCUT2D eigenvalue weighted by atomic mass is 10.1. The number of hydrogen-bond donors (Lipinski definition) is 9. The van der Waals surface area contributed by atoms with Crippen LogP contribution >= 0.6 is 12.6 Å². The number of carbonyl (C=O) groups is 6. The number of phenols is 1. The van der Waals surface area contributed by atoms with E-state index < -0.39 is 79.0 Å². The molecule has 1 aromatic rings. The van der Waals surface area contributed by atoms with Crippen LogP contribution in [-0.2, 0) is 35.2 Å². The van der Waals surface area contributed by atoms with Crippen LogP contribution in [0.5, 0.6) is 5.75 Å². The fourth-order valence-corrected chi connectivity index (χ4v) is 3.19. The van der Waals surface area contributed by atoms with Crippen LogP contribution in [0.4, 0.5) is 0 Å². The van der Waals surface area contributed by atoms with Gasteiger partial charge in [0.15, 0.2) is 0 Å². The highest BCUT2D eigenvalue weighted by Gasteiger charge is 2.30. The topological polar surface area (TPSA) is 251 Å². The maximum Gasteiger partial charge on any atom is 0.326 e. The molecule has 0 radical (unpaired) electrons. The minimum atomic E-state index is -1.70. The normalized spacial score (nSPS) is 13.9. The van der Waals surface area contributed by atoms with Gasteiger partial charge in [0.2, 0.25) is 23.6 Å². The number of nitrogens with two attached hydrogens (primary N) is 2. The first-order valence-corrected chi connectivity index (χ1v) is 11.3. The number of carboxylic acid groups (broad SMARTS) is 2. The van der Waals surface area contributed by atoms with Gasteiger partial charge in [-0.05, 0) is 30.5 Å². The minimum absolute atomic E-state index is 0.0365. The Hall–Kier alpha value is -3.85. The first-order chi connectivity index (χ1) is 16.8. The van der Waals surface area contributed by atoms with Crippen LogP contribution in [-0.4, -0.2) is 80.8 Å². The molecule has 0 fully saturated rings. The van der Waals surface area contributed by atoms with Gasteiger partial charge in [-0.25, -0.2) is 4.79 Å². The Balaban J connectivity index is 2.88. The van der Waals surface area contributed by atoms with E-state index in [9.17, 15) is 33.9 Å². The van der Waals surface area contributed by atoms with E-state index in [0.717, 1.165) is 0 Å². The zero-order valence-electron chi connectivity index (χ0n) is 19.0. The van der Waals surface area contributed by atoms with Crippen LogP contribution in [0.25, 0.3) is 0 Å². The lowest BCUT2D eigenvalue weighted by Gasteiger charge is -2.24. The Morgan fingerprint density at radius 2 is 1.39 bits per heavy atom. The number of nitrogens with one attached hydrogen (secondary N) is 3. The summed E-state index contributed by atoms with van der Waals surface area (Å²) in [6.45, 7) is 0. The molecule has 0 saturated heterocycles. The largest absolute Gasteiger partial charge is 0.508 e. The third kappa shape index (κ3) is 10.6. The molecule has 0 bridgehead atoms. The number of rotatable bonds is 15. The molecule has 0 heterocycles. The summed E-state index contributed by atoms with van der Waals surface area (Å²) in [6.07, 6.45) is -1.60. The summed E-state index contributed by atoms with van der Waals surface area (Å²) in [4.78, 5) is 71.1.